The van der Waals surface area contributed by atoms with E-state index in [0.717, 1.165) is 36.2 Å². The Morgan fingerprint density at radius 2 is 2.10 bits per heavy atom. The second-order valence-corrected chi connectivity index (χ2v) is 5.99. The van der Waals surface area contributed by atoms with Gasteiger partial charge in [0.15, 0.2) is 5.82 Å². The minimum Gasteiger partial charge on any atom is -0.333 e. The van der Waals surface area contributed by atoms with Crippen LogP contribution in [0.5, 0.6) is 0 Å². The standard InChI is InChI=1S/C15H21N3O2S/c1-4-6-11(7-5-2)14(19)17-12-8-9-21-13(12)15-16-10(3)18-20-15/h8-9,11H,4-7H2,1-3H3,(H,17,19). The Kier molecular flexibility index (Phi) is 5.50. The molecular weight excluding hydrogens is 286 g/mol. The highest BCUT2D eigenvalue weighted by Gasteiger charge is 2.20. The van der Waals surface area contributed by atoms with Crippen LogP contribution in [-0.2, 0) is 4.79 Å². The molecule has 0 saturated heterocycles. The second kappa shape index (κ2) is 7.36. The van der Waals surface area contributed by atoms with Gasteiger partial charge >= 0.3 is 0 Å². The zero-order valence-electron chi connectivity index (χ0n) is 12.7. The van der Waals surface area contributed by atoms with Gasteiger partial charge < -0.3 is 9.84 Å². The molecule has 0 aromatic carbocycles. The lowest BCUT2D eigenvalue weighted by Gasteiger charge is -2.15. The molecule has 0 atom stereocenters. The maximum atomic E-state index is 12.4. The Morgan fingerprint density at radius 3 is 2.67 bits per heavy atom. The third-order valence-corrected chi connectivity index (χ3v) is 4.19. The molecule has 21 heavy (non-hydrogen) atoms. The van der Waals surface area contributed by atoms with E-state index in [2.05, 4.69) is 29.3 Å². The molecule has 0 radical (unpaired) electrons. The van der Waals surface area contributed by atoms with E-state index < -0.39 is 0 Å². The SMILES string of the molecule is CCCC(CCC)C(=O)Nc1ccsc1-c1nc(C)no1. The summed E-state index contributed by atoms with van der Waals surface area (Å²) in [6, 6.07) is 1.88. The Labute approximate surface area is 128 Å². The van der Waals surface area contributed by atoms with Crippen molar-refractivity contribution in [3.63, 3.8) is 0 Å². The van der Waals surface area contributed by atoms with Crippen LogP contribution in [0.25, 0.3) is 10.8 Å². The number of hydrogen-bond acceptors (Lipinski definition) is 5. The first kappa shape index (κ1) is 15.7. The summed E-state index contributed by atoms with van der Waals surface area (Å²) in [5.41, 5.74) is 0.755. The highest BCUT2D eigenvalue weighted by Crippen LogP contribution is 2.33. The quantitative estimate of drug-likeness (QED) is 0.829. The Morgan fingerprint density at radius 1 is 1.38 bits per heavy atom. The summed E-state index contributed by atoms with van der Waals surface area (Å²) in [5, 5.41) is 8.72. The number of carbonyl (C=O) groups is 1. The maximum Gasteiger partial charge on any atom is 0.270 e. The summed E-state index contributed by atoms with van der Waals surface area (Å²) < 4.78 is 5.18. The first-order valence-electron chi connectivity index (χ1n) is 7.34. The molecule has 2 aromatic rings. The van der Waals surface area contributed by atoms with Crippen molar-refractivity contribution in [2.45, 2.75) is 46.5 Å². The first-order chi connectivity index (χ1) is 10.2. The van der Waals surface area contributed by atoms with Crippen molar-refractivity contribution < 1.29 is 9.32 Å². The minimum absolute atomic E-state index is 0.0668. The molecule has 1 amide bonds. The van der Waals surface area contributed by atoms with Gasteiger partial charge in [0.05, 0.1) is 5.69 Å². The van der Waals surface area contributed by atoms with Crippen LogP contribution in [0.2, 0.25) is 0 Å². The number of nitrogens with zero attached hydrogens (tertiary/aromatic N) is 2. The van der Waals surface area contributed by atoms with Crippen LogP contribution in [0.3, 0.4) is 0 Å². The number of aromatic nitrogens is 2. The van der Waals surface area contributed by atoms with E-state index in [1.54, 1.807) is 6.92 Å². The Bertz CT molecular complexity index is 585. The van der Waals surface area contributed by atoms with Crippen LogP contribution in [0.15, 0.2) is 16.0 Å². The van der Waals surface area contributed by atoms with E-state index in [9.17, 15) is 4.79 Å². The fourth-order valence-corrected chi connectivity index (χ4v) is 3.07. The average molecular weight is 307 g/mol. The van der Waals surface area contributed by atoms with Crippen molar-refractivity contribution in [1.29, 1.82) is 0 Å². The van der Waals surface area contributed by atoms with Gasteiger partial charge in [0.2, 0.25) is 5.91 Å². The smallest absolute Gasteiger partial charge is 0.270 e. The summed E-state index contributed by atoms with van der Waals surface area (Å²) in [5.74, 6) is 1.19. The van der Waals surface area contributed by atoms with Crippen LogP contribution >= 0.6 is 11.3 Å². The first-order valence-corrected chi connectivity index (χ1v) is 8.22. The molecule has 0 aliphatic carbocycles. The molecule has 2 aromatic heterocycles. The summed E-state index contributed by atoms with van der Waals surface area (Å²) in [6.45, 7) is 5.98. The highest BCUT2D eigenvalue weighted by atomic mass is 32.1. The molecule has 0 unspecified atom stereocenters. The number of hydrogen-bond donors (Lipinski definition) is 1. The topological polar surface area (TPSA) is 68.0 Å². The van der Waals surface area contributed by atoms with Gasteiger partial charge in [0.25, 0.3) is 5.89 Å². The zero-order valence-corrected chi connectivity index (χ0v) is 13.5. The molecular formula is C15H21N3O2S. The van der Waals surface area contributed by atoms with Gasteiger partial charge in [-0.15, -0.1) is 11.3 Å². The van der Waals surface area contributed by atoms with E-state index in [4.69, 9.17) is 4.52 Å². The van der Waals surface area contributed by atoms with Crippen molar-refractivity contribution in [2.75, 3.05) is 5.32 Å². The Hall–Kier alpha value is -1.69. The molecule has 0 saturated carbocycles. The molecule has 0 fully saturated rings. The van der Waals surface area contributed by atoms with Crippen molar-refractivity contribution in [3.8, 4) is 10.8 Å². The van der Waals surface area contributed by atoms with E-state index in [0.29, 0.717) is 11.7 Å². The lowest BCUT2D eigenvalue weighted by Crippen LogP contribution is -2.22. The molecule has 2 rings (SSSR count). The third-order valence-electron chi connectivity index (χ3n) is 3.29. The number of anilines is 1. The largest absolute Gasteiger partial charge is 0.333 e. The van der Waals surface area contributed by atoms with E-state index in [1.807, 2.05) is 11.4 Å². The minimum atomic E-state index is 0.0668. The van der Waals surface area contributed by atoms with Crippen LogP contribution < -0.4 is 5.32 Å². The monoisotopic (exact) mass is 307 g/mol. The maximum absolute atomic E-state index is 12.4. The highest BCUT2D eigenvalue weighted by molar-refractivity contribution is 7.14. The van der Waals surface area contributed by atoms with Crippen LogP contribution in [0.4, 0.5) is 5.69 Å². The summed E-state index contributed by atoms with van der Waals surface area (Å²) in [4.78, 5) is 17.4. The number of nitrogens with one attached hydrogen (secondary N) is 1. The number of aryl methyl sites for hydroxylation is 1. The van der Waals surface area contributed by atoms with Crippen molar-refractivity contribution in [3.05, 3.63) is 17.3 Å². The zero-order chi connectivity index (χ0) is 15.2. The lowest BCUT2D eigenvalue weighted by atomic mass is 9.97. The molecule has 0 aliphatic rings. The van der Waals surface area contributed by atoms with Crippen LogP contribution in [0, 0.1) is 12.8 Å². The average Bonchev–Trinajstić information content (AvgIpc) is 3.07. The van der Waals surface area contributed by atoms with Crippen molar-refractivity contribution in [2.24, 2.45) is 5.92 Å². The molecule has 0 bridgehead atoms. The molecule has 1 N–H and O–H groups in total. The normalized spacial score (nSPS) is 11.0. The number of rotatable bonds is 7. The summed E-state index contributed by atoms with van der Waals surface area (Å²) in [6.07, 6.45) is 3.85. The summed E-state index contributed by atoms with van der Waals surface area (Å²) >= 11 is 1.49. The number of carbonyl (C=O) groups excluding carboxylic acids is 1. The van der Waals surface area contributed by atoms with Gasteiger partial charge in [-0.25, -0.2) is 0 Å². The van der Waals surface area contributed by atoms with Gasteiger partial charge in [-0.2, -0.15) is 4.98 Å². The van der Waals surface area contributed by atoms with Crippen LogP contribution in [0.1, 0.15) is 45.4 Å². The predicted octanol–water partition coefficient (Wildman–Crippen LogP) is 4.26. The summed E-state index contributed by atoms with van der Waals surface area (Å²) in [7, 11) is 0. The predicted molar refractivity (Wildman–Crippen MR) is 84.3 cm³/mol. The van der Waals surface area contributed by atoms with Gasteiger partial charge in [-0.1, -0.05) is 31.8 Å². The lowest BCUT2D eigenvalue weighted by molar-refractivity contribution is -0.120. The van der Waals surface area contributed by atoms with Gasteiger partial charge in [-0.05, 0) is 31.2 Å². The molecule has 0 aliphatic heterocycles. The number of amides is 1. The van der Waals surface area contributed by atoms with Crippen molar-refractivity contribution >= 4 is 22.9 Å². The molecule has 114 valence electrons. The van der Waals surface area contributed by atoms with Gasteiger partial charge in [-0.3, -0.25) is 4.79 Å². The van der Waals surface area contributed by atoms with Gasteiger partial charge in [0, 0.05) is 5.92 Å². The number of thiophene rings is 1. The van der Waals surface area contributed by atoms with Crippen LogP contribution in [-0.4, -0.2) is 16.0 Å². The Balaban J connectivity index is 2.13. The second-order valence-electron chi connectivity index (χ2n) is 5.07. The molecule has 5 nitrogen and oxygen atoms in total. The van der Waals surface area contributed by atoms with E-state index in [1.165, 1.54) is 11.3 Å². The van der Waals surface area contributed by atoms with Gasteiger partial charge in [0.1, 0.15) is 4.88 Å². The van der Waals surface area contributed by atoms with Crippen molar-refractivity contribution in [1.82, 2.24) is 10.1 Å². The van der Waals surface area contributed by atoms with E-state index >= 15 is 0 Å². The fraction of sp³-hybridized carbons (Fsp3) is 0.533. The molecule has 2 heterocycles. The van der Waals surface area contributed by atoms with E-state index in [-0.39, 0.29) is 11.8 Å². The molecule has 6 heteroatoms. The third kappa shape index (κ3) is 3.91. The fourth-order valence-electron chi connectivity index (χ4n) is 2.30. The molecule has 0 spiro atoms.